The molecule has 0 bridgehead atoms. The van der Waals surface area contributed by atoms with E-state index in [9.17, 15) is 14.0 Å². The fourth-order valence-corrected chi connectivity index (χ4v) is 4.82. The highest BCUT2D eigenvalue weighted by Crippen LogP contribution is 2.29. The van der Waals surface area contributed by atoms with Crippen molar-refractivity contribution in [1.29, 1.82) is 0 Å². The summed E-state index contributed by atoms with van der Waals surface area (Å²) < 4.78 is 15.1. The molecule has 12 heteroatoms. The zero-order valence-electron chi connectivity index (χ0n) is 22.3. The van der Waals surface area contributed by atoms with Crippen LogP contribution in [0.3, 0.4) is 0 Å². The second kappa shape index (κ2) is 11.0. The molecule has 0 aliphatic rings. The zero-order valence-corrected chi connectivity index (χ0v) is 22.3. The summed E-state index contributed by atoms with van der Waals surface area (Å²) in [4.78, 5) is 39.1. The van der Waals surface area contributed by atoms with Gasteiger partial charge < -0.3 is 15.6 Å². The van der Waals surface area contributed by atoms with E-state index in [1.807, 2.05) is 13.0 Å². The molecule has 0 spiro atoms. The van der Waals surface area contributed by atoms with Crippen molar-refractivity contribution in [3.8, 4) is 22.4 Å². The summed E-state index contributed by atoms with van der Waals surface area (Å²) in [6.45, 7) is 3.43. The van der Waals surface area contributed by atoms with Crippen LogP contribution in [0.15, 0.2) is 55.1 Å². The fourth-order valence-electron chi connectivity index (χ4n) is 4.82. The van der Waals surface area contributed by atoms with Crippen LogP contribution in [0.25, 0.3) is 28.0 Å². The molecule has 0 unspecified atom stereocenters. The fraction of sp³-hybridized carbons (Fsp3) is 0.250. The van der Waals surface area contributed by atoms with E-state index in [0.29, 0.717) is 53.0 Å². The van der Waals surface area contributed by atoms with Gasteiger partial charge in [0.05, 0.1) is 23.1 Å². The monoisotopic (exact) mass is 541 g/mol. The van der Waals surface area contributed by atoms with Crippen LogP contribution in [-0.2, 0) is 6.42 Å². The minimum atomic E-state index is -0.335. The number of nitrogens with zero attached hydrogens (tertiary/aromatic N) is 7. The second-order valence-corrected chi connectivity index (χ2v) is 9.47. The maximum absolute atomic E-state index is 13.7. The molecule has 1 aromatic carbocycles. The Hall–Kier alpha value is -5.00. The molecule has 0 radical (unpaired) electrons. The molecule has 5 aromatic rings. The van der Waals surface area contributed by atoms with Gasteiger partial charge in [-0.1, -0.05) is 25.1 Å². The lowest BCUT2D eigenvalue weighted by atomic mass is 10.0. The number of carbonyl (C=O) groups excluding carboxylic acids is 2. The number of hydrogen-bond donors (Lipinski definition) is 2. The summed E-state index contributed by atoms with van der Waals surface area (Å²) in [6.07, 6.45) is 6.29. The number of aromatic nitrogens is 7. The Balaban J connectivity index is 1.46. The number of benzene rings is 1. The molecular formula is C28H28FN9O2. The third-order valence-electron chi connectivity index (χ3n) is 6.98. The number of nitrogens with one attached hydrogen (secondary N) is 1. The zero-order chi connectivity index (χ0) is 28.4. The average Bonchev–Trinajstić information content (AvgIpc) is 3.64. The van der Waals surface area contributed by atoms with Crippen molar-refractivity contribution in [2.24, 2.45) is 0 Å². The van der Waals surface area contributed by atoms with Crippen molar-refractivity contribution in [3.05, 3.63) is 78.0 Å². The highest BCUT2D eigenvalue weighted by molar-refractivity contribution is 6.00. The number of carbonyl (C=O) groups is 2. The van der Waals surface area contributed by atoms with E-state index in [4.69, 9.17) is 10.7 Å². The maximum Gasteiger partial charge on any atom is 0.291 e. The number of aromatic amines is 1. The normalized spacial score (nSPS) is 12.0. The molecule has 0 saturated carbocycles. The van der Waals surface area contributed by atoms with Crippen LogP contribution in [0.4, 0.5) is 10.2 Å². The number of anilines is 1. The Morgan fingerprint density at radius 3 is 2.65 bits per heavy atom. The van der Waals surface area contributed by atoms with Gasteiger partial charge in [-0.3, -0.25) is 14.6 Å². The minimum Gasteiger partial charge on any atom is -0.383 e. The van der Waals surface area contributed by atoms with Crippen molar-refractivity contribution >= 4 is 23.2 Å². The van der Waals surface area contributed by atoms with Crippen molar-refractivity contribution in [3.63, 3.8) is 0 Å². The number of amides is 1. The molecule has 0 aliphatic heterocycles. The molecule has 1 amide bonds. The van der Waals surface area contributed by atoms with Gasteiger partial charge in [-0.2, -0.15) is 9.61 Å². The molecule has 0 aliphatic carbocycles. The molecular weight excluding hydrogens is 513 g/mol. The molecule has 4 heterocycles. The van der Waals surface area contributed by atoms with E-state index < -0.39 is 0 Å². The third-order valence-corrected chi connectivity index (χ3v) is 6.98. The van der Waals surface area contributed by atoms with Crippen molar-refractivity contribution < 1.29 is 14.0 Å². The van der Waals surface area contributed by atoms with E-state index in [1.165, 1.54) is 29.9 Å². The molecule has 4 aromatic heterocycles. The van der Waals surface area contributed by atoms with E-state index in [1.54, 1.807) is 42.5 Å². The van der Waals surface area contributed by atoms with E-state index >= 15 is 0 Å². The maximum atomic E-state index is 13.7. The number of hydrogen-bond acceptors (Lipinski definition) is 8. The highest BCUT2D eigenvalue weighted by atomic mass is 19.1. The average molecular weight is 542 g/mol. The smallest absolute Gasteiger partial charge is 0.291 e. The van der Waals surface area contributed by atoms with Crippen LogP contribution in [0.5, 0.6) is 0 Å². The Labute approximate surface area is 229 Å². The van der Waals surface area contributed by atoms with E-state index in [0.717, 1.165) is 5.56 Å². The largest absolute Gasteiger partial charge is 0.383 e. The van der Waals surface area contributed by atoms with Crippen LogP contribution in [0.2, 0.25) is 0 Å². The van der Waals surface area contributed by atoms with Crippen LogP contribution < -0.4 is 5.73 Å². The molecule has 1 atom stereocenters. The first-order valence-electron chi connectivity index (χ1n) is 12.8. The first-order chi connectivity index (χ1) is 19.3. The van der Waals surface area contributed by atoms with Gasteiger partial charge in [-0.15, -0.1) is 10.2 Å². The number of nitrogens with two attached hydrogens (primary N) is 1. The standard InChI is InChI=1S/C28H28FN9O2/c1-4-20(37(3)28(40)26-32-15-33-36-26)9-11-23-24(16(2)39)25(30)38-27(35-23)21(14-34-38)18-8-10-22(31-13-18)17-6-5-7-19(29)12-17/h5-8,10,12-15,20H,4,9,11,30H2,1-3H3,(H,32,33,36)/t20-/m1/s1. The number of ketones is 1. The number of nitrogen functional groups attached to an aromatic ring is 1. The van der Waals surface area contributed by atoms with Crippen LogP contribution in [0.1, 0.15) is 53.4 Å². The van der Waals surface area contributed by atoms with Gasteiger partial charge >= 0.3 is 0 Å². The van der Waals surface area contributed by atoms with Crippen molar-refractivity contribution in [2.75, 3.05) is 12.8 Å². The van der Waals surface area contributed by atoms with Crippen LogP contribution in [0, 0.1) is 5.82 Å². The van der Waals surface area contributed by atoms with Gasteiger partial charge in [0.15, 0.2) is 11.4 Å². The van der Waals surface area contributed by atoms with Crippen molar-refractivity contribution in [2.45, 2.75) is 39.2 Å². The Morgan fingerprint density at radius 1 is 1.18 bits per heavy atom. The minimum absolute atomic E-state index is 0.138. The molecule has 3 N–H and O–H groups in total. The summed E-state index contributed by atoms with van der Waals surface area (Å²) in [5.74, 6) is -0.471. The highest BCUT2D eigenvalue weighted by Gasteiger charge is 2.25. The van der Waals surface area contributed by atoms with Crippen LogP contribution in [-0.4, -0.2) is 64.4 Å². The Bertz CT molecular complexity index is 1680. The van der Waals surface area contributed by atoms with Gasteiger partial charge in [-0.05, 0) is 44.4 Å². The summed E-state index contributed by atoms with van der Waals surface area (Å²) in [7, 11) is 1.71. The second-order valence-electron chi connectivity index (χ2n) is 9.47. The Morgan fingerprint density at radius 2 is 2.00 bits per heavy atom. The van der Waals surface area contributed by atoms with Crippen LogP contribution >= 0.6 is 0 Å². The van der Waals surface area contributed by atoms with E-state index in [2.05, 4.69) is 25.3 Å². The first-order valence-corrected chi connectivity index (χ1v) is 12.8. The van der Waals surface area contributed by atoms with Gasteiger partial charge in [-0.25, -0.2) is 9.37 Å². The lowest BCUT2D eigenvalue weighted by molar-refractivity contribution is 0.0707. The van der Waals surface area contributed by atoms with Gasteiger partial charge in [0.1, 0.15) is 18.0 Å². The number of rotatable bonds is 9. The SMILES string of the molecule is CC[C@H](CCc1nc2c(-c3ccc(-c4cccc(F)c4)nc3)cnn2c(N)c1C(C)=O)N(C)C(=O)c1nnc[nH]1. The lowest BCUT2D eigenvalue weighted by Gasteiger charge is -2.26. The third kappa shape index (κ3) is 5.03. The van der Waals surface area contributed by atoms with Gasteiger partial charge in [0, 0.05) is 36.0 Å². The predicted molar refractivity (Wildman–Crippen MR) is 147 cm³/mol. The number of aryl methyl sites for hydroxylation is 1. The van der Waals surface area contributed by atoms with E-state index in [-0.39, 0.29) is 35.2 Å². The van der Waals surface area contributed by atoms with Crippen molar-refractivity contribution in [1.82, 2.24) is 39.7 Å². The quantitative estimate of drug-likeness (QED) is 0.266. The summed E-state index contributed by atoms with van der Waals surface area (Å²) in [5.41, 5.74) is 10.5. The number of fused-ring (bicyclic) bond motifs is 1. The molecule has 11 nitrogen and oxygen atoms in total. The summed E-state index contributed by atoms with van der Waals surface area (Å²) in [6, 6.07) is 9.76. The first kappa shape index (κ1) is 26.6. The lowest BCUT2D eigenvalue weighted by Crippen LogP contribution is -2.37. The summed E-state index contributed by atoms with van der Waals surface area (Å²) >= 11 is 0. The predicted octanol–water partition coefficient (Wildman–Crippen LogP) is 3.98. The molecule has 0 fully saturated rings. The Kier molecular flexibility index (Phi) is 7.32. The molecule has 0 saturated heterocycles. The molecule has 204 valence electrons. The molecule has 40 heavy (non-hydrogen) atoms. The number of H-pyrrole nitrogens is 1. The number of pyridine rings is 1. The topological polar surface area (TPSA) is 148 Å². The molecule has 5 rings (SSSR count). The van der Waals surface area contributed by atoms with Gasteiger partial charge in [0.25, 0.3) is 5.91 Å². The van der Waals surface area contributed by atoms with Gasteiger partial charge in [0.2, 0.25) is 5.82 Å². The summed E-state index contributed by atoms with van der Waals surface area (Å²) in [5, 5.41) is 11.9. The number of halogens is 1. The number of Topliss-reactive ketones (excluding diaryl/α,β-unsaturated/α-hetero) is 1.